The molecule has 11 heteroatoms. The number of anilines is 2. The van der Waals surface area contributed by atoms with Crippen LogP contribution in [0.25, 0.3) is 11.1 Å². The van der Waals surface area contributed by atoms with Crippen molar-refractivity contribution in [3.05, 3.63) is 64.7 Å². The SMILES string of the molecule is Cn1ncc(-c2cc(C(=O)Nc3ccc(OC(F)(F)Cl)cc3)cnc2N2CCCC2)cc1=O. The number of nitrogens with zero attached hydrogens (tertiary/aromatic N) is 4. The fourth-order valence-electron chi connectivity index (χ4n) is 3.53. The minimum atomic E-state index is -3.82. The first kappa shape index (κ1) is 22.7. The summed E-state index contributed by atoms with van der Waals surface area (Å²) in [6.07, 6.45) is 5.10. The molecule has 0 aliphatic carbocycles. The van der Waals surface area contributed by atoms with E-state index in [-0.39, 0.29) is 16.9 Å². The van der Waals surface area contributed by atoms with Crippen LogP contribution in [0, 0.1) is 0 Å². The average Bonchev–Trinajstić information content (AvgIpc) is 3.30. The molecule has 3 aromatic rings. The van der Waals surface area contributed by atoms with Crippen molar-refractivity contribution in [2.24, 2.45) is 7.05 Å². The molecule has 1 fully saturated rings. The van der Waals surface area contributed by atoms with Crippen molar-refractivity contribution in [2.45, 2.75) is 18.4 Å². The van der Waals surface area contributed by atoms with Crippen LogP contribution in [0.1, 0.15) is 23.2 Å². The molecule has 0 atom stereocenters. The van der Waals surface area contributed by atoms with Crippen molar-refractivity contribution in [2.75, 3.05) is 23.3 Å². The highest BCUT2D eigenvalue weighted by molar-refractivity contribution is 6.20. The summed E-state index contributed by atoms with van der Waals surface area (Å²) in [5.74, 6) is 0.0811. The first-order valence-electron chi connectivity index (χ1n) is 10.2. The van der Waals surface area contributed by atoms with Crippen LogP contribution in [-0.2, 0) is 7.05 Å². The number of aryl methyl sites for hydroxylation is 1. The van der Waals surface area contributed by atoms with Crippen LogP contribution in [0.4, 0.5) is 20.3 Å². The number of nitrogens with one attached hydrogen (secondary N) is 1. The smallest absolute Gasteiger partial charge is 0.420 e. The molecule has 1 aromatic carbocycles. The minimum absolute atomic E-state index is 0.148. The Balaban J connectivity index is 1.61. The molecule has 1 N–H and O–H groups in total. The zero-order chi connectivity index (χ0) is 23.6. The van der Waals surface area contributed by atoms with Crippen LogP contribution in [0.5, 0.6) is 5.75 Å². The van der Waals surface area contributed by atoms with Crippen LogP contribution < -0.4 is 20.5 Å². The maximum atomic E-state index is 12.8. The highest BCUT2D eigenvalue weighted by Gasteiger charge is 2.27. The topological polar surface area (TPSA) is 89.3 Å². The van der Waals surface area contributed by atoms with Gasteiger partial charge in [0.1, 0.15) is 11.6 Å². The maximum Gasteiger partial charge on any atom is 0.487 e. The van der Waals surface area contributed by atoms with E-state index in [1.807, 2.05) is 0 Å². The summed E-state index contributed by atoms with van der Waals surface area (Å²) in [5.41, 5.74) is -2.28. The second-order valence-electron chi connectivity index (χ2n) is 7.52. The molecule has 2 aromatic heterocycles. The van der Waals surface area contributed by atoms with E-state index in [4.69, 9.17) is 11.6 Å². The van der Waals surface area contributed by atoms with E-state index < -0.39 is 11.5 Å². The third kappa shape index (κ3) is 5.46. The molecule has 3 heterocycles. The molecule has 0 radical (unpaired) electrons. The molecule has 0 bridgehead atoms. The largest absolute Gasteiger partial charge is 0.487 e. The summed E-state index contributed by atoms with van der Waals surface area (Å²) in [7, 11) is 1.56. The summed E-state index contributed by atoms with van der Waals surface area (Å²) in [6, 6.07) is 8.46. The number of rotatable bonds is 6. The standard InChI is InChI=1S/C22H20ClF2N5O3/c1-29-19(31)11-14(13-27-29)18-10-15(12-26-20(18)30-8-2-3-9-30)21(32)28-16-4-6-17(7-5-16)33-22(23,24)25/h4-7,10-13H,2-3,8-9H2,1H3,(H,28,32). The van der Waals surface area contributed by atoms with E-state index in [0.29, 0.717) is 22.6 Å². The van der Waals surface area contributed by atoms with Crippen molar-refractivity contribution in [3.8, 4) is 16.9 Å². The summed E-state index contributed by atoms with van der Waals surface area (Å²) in [4.78, 5) is 31.6. The van der Waals surface area contributed by atoms with Gasteiger partial charge in [-0.3, -0.25) is 9.59 Å². The Bertz CT molecular complexity index is 1220. The quantitative estimate of drug-likeness (QED) is 0.544. The predicted octanol–water partition coefficient (Wildman–Crippen LogP) is 3.86. The van der Waals surface area contributed by atoms with Crippen molar-refractivity contribution in [1.29, 1.82) is 0 Å². The lowest BCUT2D eigenvalue weighted by Gasteiger charge is -2.20. The van der Waals surface area contributed by atoms with Gasteiger partial charge in [0.05, 0.1) is 11.8 Å². The molecule has 1 saturated heterocycles. The number of carbonyl (C=O) groups excluding carboxylic acids is 1. The lowest BCUT2D eigenvalue weighted by atomic mass is 10.1. The van der Waals surface area contributed by atoms with E-state index in [0.717, 1.165) is 25.9 Å². The monoisotopic (exact) mass is 475 g/mol. The summed E-state index contributed by atoms with van der Waals surface area (Å²) < 4.78 is 31.0. The Morgan fingerprint density at radius 3 is 2.48 bits per heavy atom. The number of ether oxygens (including phenoxy) is 1. The van der Waals surface area contributed by atoms with E-state index in [1.54, 1.807) is 19.3 Å². The van der Waals surface area contributed by atoms with Crippen LogP contribution >= 0.6 is 11.6 Å². The first-order chi connectivity index (χ1) is 15.7. The molecule has 4 rings (SSSR count). The molecular formula is C22H20ClF2N5O3. The van der Waals surface area contributed by atoms with Gasteiger partial charge in [0.2, 0.25) is 0 Å². The number of carbonyl (C=O) groups is 1. The molecule has 33 heavy (non-hydrogen) atoms. The zero-order valence-electron chi connectivity index (χ0n) is 17.6. The number of benzene rings is 1. The van der Waals surface area contributed by atoms with Crippen molar-refractivity contribution >= 4 is 29.0 Å². The predicted molar refractivity (Wildman–Crippen MR) is 120 cm³/mol. The van der Waals surface area contributed by atoms with Gasteiger partial charge in [-0.05, 0) is 43.2 Å². The highest BCUT2D eigenvalue weighted by Crippen LogP contribution is 2.31. The Morgan fingerprint density at radius 2 is 1.85 bits per heavy atom. The van der Waals surface area contributed by atoms with Crippen LogP contribution in [0.15, 0.2) is 53.6 Å². The molecule has 172 valence electrons. The number of alkyl halides is 3. The van der Waals surface area contributed by atoms with Gasteiger partial charge in [0.25, 0.3) is 11.5 Å². The Kier molecular flexibility index (Phi) is 6.28. The first-order valence-corrected chi connectivity index (χ1v) is 10.5. The number of pyridine rings is 1. The Morgan fingerprint density at radius 1 is 1.15 bits per heavy atom. The van der Waals surface area contributed by atoms with Gasteiger partial charge in [0, 0.05) is 60.8 Å². The fourth-order valence-corrected chi connectivity index (χ4v) is 3.62. The van der Waals surface area contributed by atoms with Crippen molar-refractivity contribution in [3.63, 3.8) is 0 Å². The number of aromatic nitrogens is 3. The lowest BCUT2D eigenvalue weighted by molar-refractivity contribution is -0.0964. The fraction of sp³-hybridized carbons (Fsp3) is 0.273. The Labute approximate surface area is 192 Å². The molecule has 0 spiro atoms. The van der Waals surface area contributed by atoms with Crippen LogP contribution in [-0.4, -0.2) is 39.3 Å². The number of amides is 1. The van der Waals surface area contributed by atoms with Gasteiger partial charge in [-0.15, -0.1) is 8.78 Å². The molecule has 1 aliphatic rings. The number of halogens is 3. The van der Waals surface area contributed by atoms with Crippen molar-refractivity contribution < 1.29 is 18.3 Å². The number of hydrogen-bond donors (Lipinski definition) is 1. The zero-order valence-corrected chi connectivity index (χ0v) is 18.4. The van der Waals surface area contributed by atoms with E-state index >= 15 is 0 Å². The molecule has 0 saturated carbocycles. The molecule has 1 aliphatic heterocycles. The maximum absolute atomic E-state index is 12.8. The summed E-state index contributed by atoms with van der Waals surface area (Å²) in [6.45, 7) is 1.67. The van der Waals surface area contributed by atoms with Gasteiger partial charge in [-0.25, -0.2) is 9.67 Å². The van der Waals surface area contributed by atoms with Crippen LogP contribution in [0.2, 0.25) is 0 Å². The molecule has 8 nitrogen and oxygen atoms in total. The van der Waals surface area contributed by atoms with Crippen molar-refractivity contribution in [1.82, 2.24) is 14.8 Å². The molecule has 1 amide bonds. The van der Waals surface area contributed by atoms with Gasteiger partial charge in [0.15, 0.2) is 0 Å². The Hall–Kier alpha value is -3.53. The summed E-state index contributed by atoms with van der Waals surface area (Å²) in [5, 5.41) is 6.77. The van der Waals surface area contributed by atoms with Gasteiger partial charge in [-0.1, -0.05) is 0 Å². The second-order valence-corrected chi connectivity index (χ2v) is 7.96. The molecular weight excluding hydrogens is 456 g/mol. The lowest BCUT2D eigenvalue weighted by Crippen LogP contribution is -2.22. The van der Waals surface area contributed by atoms with Gasteiger partial charge >= 0.3 is 5.57 Å². The van der Waals surface area contributed by atoms with Gasteiger partial charge < -0.3 is 15.0 Å². The van der Waals surface area contributed by atoms with E-state index in [1.165, 1.54) is 41.2 Å². The minimum Gasteiger partial charge on any atom is -0.420 e. The number of hydrogen-bond acceptors (Lipinski definition) is 6. The second kappa shape index (κ2) is 9.14. The van der Waals surface area contributed by atoms with Gasteiger partial charge in [-0.2, -0.15) is 5.10 Å². The summed E-state index contributed by atoms with van der Waals surface area (Å²) >= 11 is 4.75. The third-order valence-corrected chi connectivity index (χ3v) is 5.24. The third-order valence-electron chi connectivity index (χ3n) is 5.16. The van der Waals surface area contributed by atoms with Crippen LogP contribution in [0.3, 0.4) is 0 Å². The van der Waals surface area contributed by atoms with E-state index in [9.17, 15) is 18.4 Å². The van der Waals surface area contributed by atoms with E-state index in [2.05, 4.69) is 25.0 Å². The average molecular weight is 476 g/mol. The highest BCUT2D eigenvalue weighted by atomic mass is 35.5. The molecule has 0 unspecified atom stereocenters. The normalized spacial score (nSPS) is 13.8.